The van der Waals surface area contributed by atoms with Crippen LogP contribution < -0.4 is 4.74 Å². The van der Waals surface area contributed by atoms with Crippen molar-refractivity contribution in [3.8, 4) is 17.6 Å². The lowest BCUT2D eigenvalue weighted by Gasteiger charge is -2.01. The fourth-order valence-electron chi connectivity index (χ4n) is 1.07. The van der Waals surface area contributed by atoms with Gasteiger partial charge in [-0.15, -0.1) is 0 Å². The van der Waals surface area contributed by atoms with Gasteiger partial charge < -0.3 is 9.53 Å². The first-order valence-electron chi connectivity index (χ1n) is 4.37. The first-order chi connectivity index (χ1) is 7.31. The number of ether oxygens (including phenoxy) is 1. The lowest BCUT2D eigenvalue weighted by molar-refractivity contribution is -0.107. The van der Waals surface area contributed by atoms with E-state index in [0.717, 1.165) is 6.29 Å². The number of hydrogen-bond donors (Lipinski definition) is 0. The molecule has 1 rings (SSSR count). The Morgan fingerprint density at radius 1 is 1.40 bits per heavy atom. The molecule has 0 aliphatic carbocycles. The van der Waals surface area contributed by atoms with Crippen molar-refractivity contribution in [2.45, 2.75) is 6.42 Å². The molecular weight excluding hydrogens is 192 g/mol. The van der Waals surface area contributed by atoms with E-state index in [1.807, 2.05) is 0 Å². The molecule has 0 N–H and O–H groups in total. The van der Waals surface area contributed by atoms with Crippen molar-refractivity contribution >= 4 is 12.6 Å². The fraction of sp³-hybridized carbons (Fsp3) is 0.167. The summed E-state index contributed by atoms with van der Waals surface area (Å²) in [6.07, 6.45) is 1.61. The second-order valence-corrected chi connectivity index (χ2v) is 2.74. The SMILES string of the molecule is COc1ccc(C#CCC=O)c(C=O)c1. The molecule has 0 unspecified atom stereocenters. The maximum atomic E-state index is 10.7. The predicted octanol–water partition coefficient (Wildman–Crippen LogP) is 1.45. The topological polar surface area (TPSA) is 43.4 Å². The summed E-state index contributed by atoms with van der Waals surface area (Å²) in [6.45, 7) is 0. The maximum absolute atomic E-state index is 10.7. The van der Waals surface area contributed by atoms with Crippen LogP contribution in [-0.2, 0) is 4.79 Å². The number of benzene rings is 1. The van der Waals surface area contributed by atoms with Crippen LogP contribution in [0.5, 0.6) is 5.75 Å². The quantitative estimate of drug-likeness (QED) is 0.550. The molecule has 0 fully saturated rings. The second-order valence-electron chi connectivity index (χ2n) is 2.74. The Bertz CT molecular complexity index is 424. The molecule has 15 heavy (non-hydrogen) atoms. The molecule has 0 radical (unpaired) electrons. The van der Waals surface area contributed by atoms with Gasteiger partial charge in [-0.25, -0.2) is 0 Å². The number of carbonyl (C=O) groups is 2. The molecule has 0 atom stereocenters. The Hall–Kier alpha value is -2.08. The highest BCUT2D eigenvalue weighted by Gasteiger charge is 2.00. The smallest absolute Gasteiger partial charge is 0.151 e. The number of rotatable bonds is 3. The predicted molar refractivity (Wildman–Crippen MR) is 55.9 cm³/mol. The Labute approximate surface area is 88.1 Å². The zero-order valence-corrected chi connectivity index (χ0v) is 8.32. The standard InChI is InChI=1S/C12H10O3/c1-15-12-6-5-10(4-2-3-7-13)11(8-12)9-14/h5-9H,3H2,1H3. The molecular formula is C12H10O3. The monoisotopic (exact) mass is 202 g/mol. The summed E-state index contributed by atoms with van der Waals surface area (Å²) in [6, 6.07) is 5.02. The Morgan fingerprint density at radius 3 is 2.80 bits per heavy atom. The van der Waals surface area contributed by atoms with Crippen LogP contribution in [0.4, 0.5) is 0 Å². The minimum absolute atomic E-state index is 0.171. The van der Waals surface area contributed by atoms with Crippen LogP contribution in [0.3, 0.4) is 0 Å². The number of methoxy groups -OCH3 is 1. The summed E-state index contributed by atoms with van der Waals surface area (Å²) in [5.41, 5.74) is 1.07. The number of carbonyl (C=O) groups excluding carboxylic acids is 2. The van der Waals surface area contributed by atoms with Gasteiger partial charge in [0.1, 0.15) is 12.0 Å². The molecule has 0 amide bonds. The maximum Gasteiger partial charge on any atom is 0.151 e. The van der Waals surface area contributed by atoms with Crippen LogP contribution in [0.15, 0.2) is 18.2 Å². The minimum Gasteiger partial charge on any atom is -0.497 e. The van der Waals surface area contributed by atoms with E-state index in [2.05, 4.69) is 11.8 Å². The third-order valence-electron chi connectivity index (χ3n) is 1.79. The number of aldehydes is 2. The molecule has 0 heterocycles. The van der Waals surface area contributed by atoms with Crippen LogP contribution in [-0.4, -0.2) is 19.7 Å². The summed E-state index contributed by atoms with van der Waals surface area (Å²) in [5, 5.41) is 0. The molecule has 3 heteroatoms. The minimum atomic E-state index is 0.171. The van der Waals surface area contributed by atoms with E-state index in [9.17, 15) is 9.59 Å². The average Bonchev–Trinajstić information content (AvgIpc) is 2.29. The van der Waals surface area contributed by atoms with Crippen molar-refractivity contribution in [1.82, 2.24) is 0 Å². The lowest BCUT2D eigenvalue weighted by Crippen LogP contribution is -1.90. The van der Waals surface area contributed by atoms with Gasteiger partial charge in [0.15, 0.2) is 6.29 Å². The van der Waals surface area contributed by atoms with Crippen LogP contribution in [0.25, 0.3) is 0 Å². The number of hydrogen-bond acceptors (Lipinski definition) is 3. The molecule has 0 spiro atoms. The van der Waals surface area contributed by atoms with Crippen molar-refractivity contribution in [3.63, 3.8) is 0 Å². The molecule has 3 nitrogen and oxygen atoms in total. The van der Waals surface area contributed by atoms with Gasteiger partial charge in [0.2, 0.25) is 0 Å². The molecule has 0 saturated carbocycles. The largest absolute Gasteiger partial charge is 0.497 e. The summed E-state index contributed by atoms with van der Waals surface area (Å²) in [5.74, 6) is 6.00. The average molecular weight is 202 g/mol. The van der Waals surface area contributed by atoms with E-state index >= 15 is 0 Å². The highest BCUT2D eigenvalue weighted by atomic mass is 16.5. The molecule has 1 aromatic rings. The highest BCUT2D eigenvalue weighted by Crippen LogP contribution is 2.15. The van der Waals surface area contributed by atoms with Gasteiger partial charge in [-0.1, -0.05) is 11.8 Å². The normalized spacial score (nSPS) is 8.60. The van der Waals surface area contributed by atoms with E-state index in [1.54, 1.807) is 18.2 Å². The fourth-order valence-corrected chi connectivity index (χ4v) is 1.07. The van der Waals surface area contributed by atoms with Crippen molar-refractivity contribution in [2.24, 2.45) is 0 Å². The Balaban J connectivity index is 3.03. The van der Waals surface area contributed by atoms with Crippen molar-refractivity contribution in [1.29, 1.82) is 0 Å². The summed E-state index contributed by atoms with van der Waals surface area (Å²) in [4.78, 5) is 20.8. The zero-order valence-electron chi connectivity index (χ0n) is 8.32. The summed E-state index contributed by atoms with van der Waals surface area (Å²) < 4.78 is 4.97. The Morgan fingerprint density at radius 2 is 2.20 bits per heavy atom. The molecule has 0 aliphatic heterocycles. The van der Waals surface area contributed by atoms with Gasteiger partial charge >= 0.3 is 0 Å². The van der Waals surface area contributed by atoms with Crippen molar-refractivity contribution in [2.75, 3.05) is 7.11 Å². The molecule has 76 valence electrons. The van der Waals surface area contributed by atoms with E-state index in [4.69, 9.17) is 4.74 Å². The van der Waals surface area contributed by atoms with Crippen LogP contribution in [0.2, 0.25) is 0 Å². The van der Waals surface area contributed by atoms with Gasteiger partial charge in [-0.2, -0.15) is 0 Å². The zero-order chi connectivity index (χ0) is 11.1. The summed E-state index contributed by atoms with van der Waals surface area (Å²) >= 11 is 0. The highest BCUT2D eigenvalue weighted by molar-refractivity contribution is 5.80. The first-order valence-corrected chi connectivity index (χ1v) is 4.37. The molecule has 0 aliphatic rings. The molecule has 0 aromatic heterocycles. The first kappa shape index (κ1) is 11.0. The Kier molecular flexibility index (Phi) is 4.11. The molecule has 0 bridgehead atoms. The van der Waals surface area contributed by atoms with Gasteiger partial charge in [-0.05, 0) is 18.2 Å². The van der Waals surface area contributed by atoms with E-state index in [-0.39, 0.29) is 6.42 Å². The van der Waals surface area contributed by atoms with Crippen LogP contribution >= 0.6 is 0 Å². The lowest BCUT2D eigenvalue weighted by atomic mass is 10.1. The van der Waals surface area contributed by atoms with E-state index in [0.29, 0.717) is 23.2 Å². The van der Waals surface area contributed by atoms with Crippen molar-refractivity contribution < 1.29 is 14.3 Å². The second kappa shape index (κ2) is 5.61. The summed E-state index contributed by atoms with van der Waals surface area (Å²) in [7, 11) is 1.53. The van der Waals surface area contributed by atoms with Crippen LogP contribution in [0, 0.1) is 11.8 Å². The van der Waals surface area contributed by atoms with Gasteiger partial charge in [0, 0.05) is 11.1 Å². The van der Waals surface area contributed by atoms with E-state index < -0.39 is 0 Å². The van der Waals surface area contributed by atoms with Crippen LogP contribution in [0.1, 0.15) is 22.3 Å². The van der Waals surface area contributed by atoms with Gasteiger partial charge in [-0.3, -0.25) is 4.79 Å². The third kappa shape index (κ3) is 2.96. The van der Waals surface area contributed by atoms with E-state index in [1.165, 1.54) is 7.11 Å². The van der Waals surface area contributed by atoms with Gasteiger partial charge in [0.05, 0.1) is 13.5 Å². The van der Waals surface area contributed by atoms with Crippen molar-refractivity contribution in [3.05, 3.63) is 29.3 Å². The third-order valence-corrected chi connectivity index (χ3v) is 1.79. The van der Waals surface area contributed by atoms with Gasteiger partial charge in [0.25, 0.3) is 0 Å². The molecule has 1 aromatic carbocycles. The molecule has 0 saturated heterocycles.